The third kappa shape index (κ3) is 2.99. The fourth-order valence-electron chi connectivity index (χ4n) is 2.19. The molecule has 1 aromatic carbocycles. The van der Waals surface area contributed by atoms with Crippen LogP contribution in [0.15, 0.2) is 23.1 Å². The molecule has 1 aromatic rings. The number of nitrogens with one attached hydrogen (secondary N) is 1. The maximum Gasteiger partial charge on any atom is 0.240 e. The van der Waals surface area contributed by atoms with Crippen LogP contribution in [0.25, 0.3) is 0 Å². The number of aliphatic hydroxyl groups excluding tert-OH is 1. The van der Waals surface area contributed by atoms with Crippen LogP contribution in [0, 0.1) is 5.41 Å². The van der Waals surface area contributed by atoms with E-state index in [2.05, 4.69) is 4.72 Å². The van der Waals surface area contributed by atoms with Crippen LogP contribution in [-0.2, 0) is 23.1 Å². The Kier molecular flexibility index (Phi) is 3.73. The number of benzene rings is 1. The van der Waals surface area contributed by atoms with Crippen molar-refractivity contribution in [2.45, 2.75) is 51.2 Å². The van der Waals surface area contributed by atoms with Gasteiger partial charge in [-0.25, -0.2) is 13.1 Å². The second kappa shape index (κ2) is 4.89. The summed E-state index contributed by atoms with van der Waals surface area (Å²) in [6, 6.07) is 4.96. The maximum absolute atomic E-state index is 12.2. The summed E-state index contributed by atoms with van der Waals surface area (Å²) in [6.45, 7) is 5.92. The molecule has 0 radical (unpaired) electrons. The zero-order valence-corrected chi connectivity index (χ0v) is 12.4. The van der Waals surface area contributed by atoms with Crippen molar-refractivity contribution in [3.05, 3.63) is 29.3 Å². The van der Waals surface area contributed by atoms with Gasteiger partial charge < -0.3 is 5.11 Å². The molecule has 106 valence electrons. The first-order chi connectivity index (χ1) is 8.80. The van der Waals surface area contributed by atoms with Crippen LogP contribution in [0.1, 0.15) is 38.3 Å². The Morgan fingerprint density at radius 2 is 2.00 bits per heavy atom. The predicted octanol–water partition coefficient (Wildman–Crippen LogP) is 1.82. The highest BCUT2D eigenvalue weighted by Crippen LogP contribution is 2.45. The van der Waals surface area contributed by atoms with Gasteiger partial charge in [0.1, 0.15) is 0 Å². The first-order valence-corrected chi connectivity index (χ1v) is 8.03. The van der Waals surface area contributed by atoms with Gasteiger partial charge in [-0.05, 0) is 41.5 Å². The van der Waals surface area contributed by atoms with E-state index in [-0.39, 0.29) is 23.0 Å². The number of hydrogen-bond donors (Lipinski definition) is 2. The van der Waals surface area contributed by atoms with Gasteiger partial charge in [0.25, 0.3) is 0 Å². The van der Waals surface area contributed by atoms with E-state index in [4.69, 9.17) is 0 Å². The zero-order valence-electron chi connectivity index (χ0n) is 11.6. The average molecular weight is 283 g/mol. The fraction of sp³-hybridized carbons (Fsp3) is 0.571. The minimum atomic E-state index is -3.49. The van der Waals surface area contributed by atoms with Crippen LogP contribution in [0.5, 0.6) is 0 Å². The Morgan fingerprint density at radius 1 is 1.37 bits per heavy atom. The van der Waals surface area contributed by atoms with Crippen LogP contribution in [0.4, 0.5) is 0 Å². The fourth-order valence-corrected chi connectivity index (χ4v) is 3.64. The molecule has 19 heavy (non-hydrogen) atoms. The number of sulfonamides is 1. The van der Waals surface area contributed by atoms with Crippen molar-refractivity contribution in [1.29, 1.82) is 0 Å². The maximum atomic E-state index is 12.2. The van der Waals surface area contributed by atoms with Gasteiger partial charge in [0.2, 0.25) is 10.0 Å². The highest BCUT2D eigenvalue weighted by Gasteiger charge is 2.47. The monoisotopic (exact) mass is 283 g/mol. The molecule has 0 aromatic heterocycles. The lowest BCUT2D eigenvalue weighted by Crippen LogP contribution is -2.28. The summed E-state index contributed by atoms with van der Waals surface area (Å²) < 4.78 is 27.2. The van der Waals surface area contributed by atoms with Gasteiger partial charge in [-0.3, -0.25) is 0 Å². The molecule has 0 saturated heterocycles. The SMILES string of the molecule is CCc1ccc(S(=O)(=O)NC2CC2(C)C)cc1CO. The third-order valence-electron chi connectivity index (χ3n) is 3.85. The van der Waals surface area contributed by atoms with Crippen LogP contribution in [-0.4, -0.2) is 19.6 Å². The van der Waals surface area contributed by atoms with E-state index in [1.807, 2.05) is 20.8 Å². The molecule has 1 saturated carbocycles. The number of rotatable bonds is 5. The molecule has 1 fully saturated rings. The lowest BCUT2D eigenvalue weighted by Gasteiger charge is -2.11. The summed E-state index contributed by atoms with van der Waals surface area (Å²) in [4.78, 5) is 0.233. The predicted molar refractivity (Wildman–Crippen MR) is 74.3 cm³/mol. The summed E-state index contributed by atoms with van der Waals surface area (Å²) in [6.07, 6.45) is 1.64. The molecule has 0 spiro atoms. The molecule has 1 aliphatic rings. The summed E-state index contributed by atoms with van der Waals surface area (Å²) in [5, 5.41) is 9.30. The molecule has 0 bridgehead atoms. The number of aliphatic hydroxyl groups is 1. The highest BCUT2D eigenvalue weighted by atomic mass is 32.2. The molecule has 0 amide bonds. The summed E-state index contributed by atoms with van der Waals surface area (Å²) >= 11 is 0. The molecule has 2 rings (SSSR count). The van der Waals surface area contributed by atoms with Crippen molar-refractivity contribution in [3.8, 4) is 0 Å². The van der Waals surface area contributed by atoms with Crippen LogP contribution in [0.2, 0.25) is 0 Å². The van der Waals surface area contributed by atoms with Crippen LogP contribution < -0.4 is 4.72 Å². The third-order valence-corrected chi connectivity index (χ3v) is 5.32. The lowest BCUT2D eigenvalue weighted by molar-refractivity contribution is 0.280. The normalized spacial score (nSPS) is 21.4. The summed E-state index contributed by atoms with van der Waals surface area (Å²) in [5.74, 6) is 0. The Labute approximate surface area is 114 Å². The molecule has 1 unspecified atom stereocenters. The number of aryl methyl sites for hydroxylation is 1. The topological polar surface area (TPSA) is 66.4 Å². The van der Waals surface area contributed by atoms with E-state index in [0.717, 1.165) is 18.4 Å². The molecule has 0 heterocycles. The van der Waals surface area contributed by atoms with Crippen LogP contribution >= 0.6 is 0 Å². The molecule has 0 aliphatic heterocycles. The minimum absolute atomic E-state index is 0.0147. The van der Waals surface area contributed by atoms with E-state index in [1.165, 1.54) is 0 Å². The molecule has 2 N–H and O–H groups in total. The molecule has 1 atom stereocenters. The largest absolute Gasteiger partial charge is 0.392 e. The summed E-state index contributed by atoms with van der Waals surface area (Å²) in [5.41, 5.74) is 1.71. The standard InChI is InChI=1S/C14H21NO3S/c1-4-10-5-6-12(7-11(10)9-16)19(17,18)15-13-8-14(13,2)3/h5-7,13,15-16H,4,8-9H2,1-3H3. The Bertz CT molecular complexity index is 578. The van der Waals surface area contributed by atoms with Gasteiger partial charge in [0, 0.05) is 6.04 Å². The Hall–Kier alpha value is -0.910. The summed E-state index contributed by atoms with van der Waals surface area (Å²) in [7, 11) is -3.49. The number of hydrogen-bond acceptors (Lipinski definition) is 3. The highest BCUT2D eigenvalue weighted by molar-refractivity contribution is 7.89. The molecule has 1 aliphatic carbocycles. The first-order valence-electron chi connectivity index (χ1n) is 6.55. The van der Waals surface area contributed by atoms with Crippen molar-refractivity contribution < 1.29 is 13.5 Å². The Morgan fingerprint density at radius 3 is 2.47 bits per heavy atom. The van der Waals surface area contributed by atoms with Gasteiger partial charge in [0.05, 0.1) is 11.5 Å². The van der Waals surface area contributed by atoms with Crippen molar-refractivity contribution in [2.24, 2.45) is 5.41 Å². The van der Waals surface area contributed by atoms with Crippen molar-refractivity contribution >= 4 is 10.0 Å². The molecule has 4 nitrogen and oxygen atoms in total. The second-order valence-electron chi connectivity index (χ2n) is 5.81. The van der Waals surface area contributed by atoms with Crippen LogP contribution in [0.3, 0.4) is 0 Å². The first kappa shape index (κ1) is 14.5. The van der Waals surface area contributed by atoms with Gasteiger partial charge >= 0.3 is 0 Å². The minimum Gasteiger partial charge on any atom is -0.392 e. The molecule has 5 heteroatoms. The Balaban J connectivity index is 2.26. The zero-order chi connectivity index (χ0) is 14.3. The quantitative estimate of drug-likeness (QED) is 0.866. The second-order valence-corrected chi connectivity index (χ2v) is 7.52. The molecular weight excluding hydrogens is 262 g/mol. The van der Waals surface area contributed by atoms with E-state index >= 15 is 0 Å². The smallest absolute Gasteiger partial charge is 0.240 e. The van der Waals surface area contributed by atoms with E-state index in [0.29, 0.717) is 5.56 Å². The lowest BCUT2D eigenvalue weighted by atomic mass is 10.1. The van der Waals surface area contributed by atoms with E-state index < -0.39 is 10.0 Å². The van der Waals surface area contributed by atoms with Gasteiger partial charge in [0.15, 0.2) is 0 Å². The van der Waals surface area contributed by atoms with Gasteiger partial charge in [-0.15, -0.1) is 0 Å². The van der Waals surface area contributed by atoms with Gasteiger partial charge in [-0.2, -0.15) is 0 Å². The van der Waals surface area contributed by atoms with Gasteiger partial charge in [-0.1, -0.05) is 26.8 Å². The van der Waals surface area contributed by atoms with Crippen molar-refractivity contribution in [3.63, 3.8) is 0 Å². The molecular formula is C14H21NO3S. The van der Waals surface area contributed by atoms with E-state index in [1.54, 1.807) is 18.2 Å². The van der Waals surface area contributed by atoms with Crippen molar-refractivity contribution in [2.75, 3.05) is 0 Å². The van der Waals surface area contributed by atoms with Crippen molar-refractivity contribution in [1.82, 2.24) is 4.72 Å². The average Bonchev–Trinajstić information content (AvgIpc) is 2.94. The van der Waals surface area contributed by atoms with E-state index in [9.17, 15) is 13.5 Å².